The summed E-state index contributed by atoms with van der Waals surface area (Å²) in [5.74, 6) is 1.18. The van der Waals surface area contributed by atoms with E-state index in [1.54, 1.807) is 0 Å². The molecule has 2 heterocycles. The van der Waals surface area contributed by atoms with Crippen molar-refractivity contribution < 1.29 is 14.1 Å². The number of carbonyl (C=O) groups excluding carboxylic acids is 1. The largest absolute Gasteiger partial charge is 0.364 e. The number of nitrogens with zero attached hydrogens (tertiary/aromatic N) is 2. The van der Waals surface area contributed by atoms with Crippen molar-refractivity contribution in [2.75, 3.05) is 13.1 Å². The van der Waals surface area contributed by atoms with Crippen molar-refractivity contribution in [1.29, 1.82) is 0 Å². The van der Waals surface area contributed by atoms with E-state index in [4.69, 9.17) is 15.0 Å². The number of hydrogen-bond acceptors (Lipinski definition) is 6. The normalized spacial score (nSPS) is 19.2. The minimum Gasteiger partial charge on any atom is -0.364 e. The van der Waals surface area contributed by atoms with Crippen LogP contribution in [0.2, 0.25) is 0 Å². The maximum atomic E-state index is 12.1. The number of ether oxygens (including phenoxy) is 1. The summed E-state index contributed by atoms with van der Waals surface area (Å²) in [6.45, 7) is 3.03. The minimum absolute atomic E-state index is 0. The summed E-state index contributed by atoms with van der Waals surface area (Å²) in [6, 6.07) is 7.92. The molecule has 0 unspecified atom stereocenters. The van der Waals surface area contributed by atoms with Crippen LogP contribution in [0.25, 0.3) is 11.5 Å². The summed E-state index contributed by atoms with van der Waals surface area (Å²) >= 11 is 0. The molecule has 1 fully saturated rings. The van der Waals surface area contributed by atoms with Crippen LogP contribution in [0.1, 0.15) is 31.2 Å². The summed E-state index contributed by atoms with van der Waals surface area (Å²) in [5, 5.41) is 6.83. The second-order valence-electron chi connectivity index (χ2n) is 6.17. The Kier molecular flexibility index (Phi) is 7.56. The summed E-state index contributed by atoms with van der Waals surface area (Å²) < 4.78 is 10.8. The van der Waals surface area contributed by atoms with Crippen molar-refractivity contribution in [2.45, 2.75) is 44.8 Å². The third-order valence-electron chi connectivity index (χ3n) is 4.36. The molecule has 3 N–H and O–H groups in total. The molecule has 1 aliphatic rings. The zero-order valence-corrected chi connectivity index (χ0v) is 15.6. The van der Waals surface area contributed by atoms with Gasteiger partial charge in [-0.15, -0.1) is 12.4 Å². The third kappa shape index (κ3) is 5.03. The quantitative estimate of drug-likeness (QED) is 0.760. The molecule has 1 aliphatic heterocycles. The van der Waals surface area contributed by atoms with Gasteiger partial charge in [0.1, 0.15) is 6.10 Å². The van der Waals surface area contributed by atoms with E-state index in [2.05, 4.69) is 15.5 Å². The first-order chi connectivity index (χ1) is 12.2. The topological polar surface area (TPSA) is 103 Å². The molecule has 7 nitrogen and oxygen atoms in total. The van der Waals surface area contributed by atoms with Crippen LogP contribution in [-0.4, -0.2) is 41.3 Å². The smallest absolute Gasteiger partial charge is 0.257 e. The molecule has 1 saturated heterocycles. The van der Waals surface area contributed by atoms with Gasteiger partial charge in [-0.2, -0.15) is 4.98 Å². The van der Waals surface area contributed by atoms with Gasteiger partial charge in [-0.25, -0.2) is 0 Å². The van der Waals surface area contributed by atoms with Crippen molar-refractivity contribution in [3.8, 4) is 11.5 Å². The summed E-state index contributed by atoms with van der Waals surface area (Å²) in [4.78, 5) is 16.4. The van der Waals surface area contributed by atoms with Crippen LogP contribution < -0.4 is 11.1 Å². The molecule has 0 saturated carbocycles. The number of nitrogens with one attached hydrogen (secondary N) is 1. The Labute approximate surface area is 159 Å². The van der Waals surface area contributed by atoms with Crippen LogP contribution in [-0.2, 0) is 22.4 Å². The number of aromatic nitrogens is 2. The van der Waals surface area contributed by atoms with Crippen LogP contribution in [0.5, 0.6) is 0 Å². The van der Waals surface area contributed by atoms with Crippen molar-refractivity contribution in [3.63, 3.8) is 0 Å². The monoisotopic (exact) mass is 380 g/mol. The lowest BCUT2D eigenvalue weighted by Crippen LogP contribution is -2.36. The fraction of sp³-hybridized carbons (Fsp3) is 0.500. The van der Waals surface area contributed by atoms with E-state index >= 15 is 0 Å². The van der Waals surface area contributed by atoms with E-state index in [0.29, 0.717) is 24.8 Å². The van der Waals surface area contributed by atoms with Crippen molar-refractivity contribution in [1.82, 2.24) is 15.5 Å². The molecule has 8 heteroatoms. The number of amides is 1. The number of hydrogen-bond donors (Lipinski definition) is 2. The highest BCUT2D eigenvalue weighted by Gasteiger charge is 2.29. The van der Waals surface area contributed by atoms with Gasteiger partial charge < -0.3 is 20.3 Å². The average molecular weight is 381 g/mol. The molecule has 0 spiro atoms. The SMILES string of the molecule is CCc1noc(-c2ccc(CCNC(=O)[C@@H]3CC[C@H](CN)O3)cc2)n1.Cl. The highest BCUT2D eigenvalue weighted by atomic mass is 35.5. The van der Waals surface area contributed by atoms with E-state index < -0.39 is 0 Å². The van der Waals surface area contributed by atoms with Crippen molar-refractivity contribution in [3.05, 3.63) is 35.7 Å². The molecule has 0 bridgehead atoms. The highest BCUT2D eigenvalue weighted by Crippen LogP contribution is 2.19. The summed E-state index contributed by atoms with van der Waals surface area (Å²) in [7, 11) is 0. The molecule has 2 aromatic rings. The fourth-order valence-corrected chi connectivity index (χ4v) is 2.84. The molecule has 26 heavy (non-hydrogen) atoms. The van der Waals surface area contributed by atoms with Gasteiger partial charge in [-0.3, -0.25) is 4.79 Å². The zero-order chi connectivity index (χ0) is 17.6. The Bertz CT molecular complexity index is 705. The van der Waals surface area contributed by atoms with Crippen LogP contribution in [0.15, 0.2) is 28.8 Å². The molecule has 142 valence electrons. The molecule has 1 aromatic carbocycles. The molecular formula is C18H25ClN4O3. The Hall–Kier alpha value is -1.96. The Morgan fingerprint density at radius 1 is 1.31 bits per heavy atom. The number of nitrogens with two attached hydrogens (primary N) is 1. The van der Waals surface area contributed by atoms with Crippen LogP contribution in [0, 0.1) is 0 Å². The van der Waals surface area contributed by atoms with Gasteiger partial charge in [0.25, 0.3) is 5.89 Å². The predicted molar refractivity (Wildman–Crippen MR) is 100 cm³/mol. The summed E-state index contributed by atoms with van der Waals surface area (Å²) in [5.41, 5.74) is 7.59. The molecule has 0 radical (unpaired) electrons. The number of carbonyl (C=O) groups is 1. The van der Waals surface area contributed by atoms with Gasteiger partial charge in [0, 0.05) is 25.1 Å². The van der Waals surface area contributed by atoms with Gasteiger partial charge in [-0.1, -0.05) is 24.2 Å². The number of rotatable bonds is 7. The molecule has 1 amide bonds. The van der Waals surface area contributed by atoms with Crippen molar-refractivity contribution in [2.24, 2.45) is 5.73 Å². The van der Waals surface area contributed by atoms with E-state index in [1.165, 1.54) is 0 Å². The zero-order valence-electron chi connectivity index (χ0n) is 14.8. The molecule has 2 atom stereocenters. The minimum atomic E-state index is -0.360. The van der Waals surface area contributed by atoms with Gasteiger partial charge in [0.05, 0.1) is 6.10 Å². The van der Waals surface area contributed by atoms with Crippen LogP contribution in [0.3, 0.4) is 0 Å². The van der Waals surface area contributed by atoms with Gasteiger partial charge in [-0.05, 0) is 37.0 Å². The predicted octanol–water partition coefficient (Wildman–Crippen LogP) is 1.89. The summed E-state index contributed by atoms with van der Waals surface area (Å²) in [6.07, 6.45) is 2.75. The number of aryl methyl sites for hydroxylation is 1. The first-order valence-electron chi connectivity index (χ1n) is 8.74. The van der Waals surface area contributed by atoms with Gasteiger partial charge in [0.15, 0.2) is 5.82 Å². The first kappa shape index (κ1) is 20.4. The molecule has 1 aromatic heterocycles. The average Bonchev–Trinajstić information content (AvgIpc) is 3.31. The lowest BCUT2D eigenvalue weighted by atomic mass is 10.1. The lowest BCUT2D eigenvalue weighted by molar-refractivity contribution is -0.131. The van der Waals surface area contributed by atoms with Crippen molar-refractivity contribution >= 4 is 18.3 Å². The maximum absolute atomic E-state index is 12.1. The Morgan fingerprint density at radius 3 is 2.69 bits per heavy atom. The van der Waals surface area contributed by atoms with E-state index in [9.17, 15) is 4.79 Å². The maximum Gasteiger partial charge on any atom is 0.257 e. The second-order valence-corrected chi connectivity index (χ2v) is 6.17. The fourth-order valence-electron chi connectivity index (χ4n) is 2.84. The Morgan fingerprint density at radius 2 is 2.08 bits per heavy atom. The van der Waals surface area contributed by atoms with Crippen LogP contribution >= 0.6 is 12.4 Å². The standard InChI is InChI=1S/C18H24N4O3.ClH/c1-2-16-21-18(25-22-16)13-5-3-12(4-6-13)9-10-20-17(23)15-8-7-14(11-19)24-15;/h3-6,14-15H,2,7-11,19H2,1H3,(H,20,23);1H/t14-,15+;/m1./s1. The Balaban J connectivity index is 0.00000243. The van der Waals surface area contributed by atoms with Crippen LogP contribution in [0.4, 0.5) is 0 Å². The third-order valence-corrected chi connectivity index (χ3v) is 4.36. The second kappa shape index (κ2) is 9.66. The lowest BCUT2D eigenvalue weighted by Gasteiger charge is -2.12. The van der Waals surface area contributed by atoms with Gasteiger partial charge in [0.2, 0.25) is 5.91 Å². The highest BCUT2D eigenvalue weighted by molar-refractivity contribution is 5.85. The number of halogens is 1. The van der Waals surface area contributed by atoms with Gasteiger partial charge >= 0.3 is 0 Å². The first-order valence-corrected chi connectivity index (χ1v) is 8.74. The molecule has 3 rings (SSSR count). The molecular weight excluding hydrogens is 356 g/mol. The number of benzene rings is 1. The molecule has 0 aliphatic carbocycles. The van der Waals surface area contributed by atoms with E-state index in [-0.39, 0.29) is 30.5 Å². The van der Waals surface area contributed by atoms with E-state index in [1.807, 2.05) is 31.2 Å². The van der Waals surface area contributed by atoms with E-state index in [0.717, 1.165) is 36.8 Å².